The second-order valence-corrected chi connectivity index (χ2v) is 7.41. The van der Waals surface area contributed by atoms with Crippen LogP contribution in [0.5, 0.6) is 0 Å². The van der Waals surface area contributed by atoms with E-state index in [0.717, 1.165) is 44.0 Å². The van der Waals surface area contributed by atoms with Gasteiger partial charge in [0.25, 0.3) is 0 Å². The summed E-state index contributed by atoms with van der Waals surface area (Å²) in [5.41, 5.74) is 2.30. The van der Waals surface area contributed by atoms with Crippen LogP contribution < -0.4 is 10.6 Å². The molecule has 0 amide bonds. The Hall–Kier alpha value is -2.44. The lowest BCUT2D eigenvalue weighted by atomic mass is 10.0. The van der Waals surface area contributed by atoms with Crippen LogP contribution in [0.1, 0.15) is 30.1 Å². The summed E-state index contributed by atoms with van der Waals surface area (Å²) in [4.78, 5) is 6.85. The highest BCUT2D eigenvalue weighted by Crippen LogP contribution is 2.17. The standard InChI is InChI=1S/C23H31FN4O/c1-25-23(26-16-22(29-2)19-8-10-20(24)11-9-19)27-21-12-14-28(15-13-21)17-18-6-4-3-5-7-18/h3-11,21-22H,12-17H2,1-2H3,(H2,25,26,27). The number of nitrogens with one attached hydrogen (secondary N) is 2. The maximum absolute atomic E-state index is 13.1. The first-order chi connectivity index (χ1) is 14.2. The van der Waals surface area contributed by atoms with Crippen LogP contribution in [0.25, 0.3) is 0 Å². The van der Waals surface area contributed by atoms with Crippen molar-refractivity contribution in [2.75, 3.05) is 33.8 Å². The van der Waals surface area contributed by atoms with Gasteiger partial charge in [0, 0.05) is 46.4 Å². The Morgan fingerprint density at radius 2 is 1.83 bits per heavy atom. The first-order valence-electron chi connectivity index (χ1n) is 10.2. The van der Waals surface area contributed by atoms with Gasteiger partial charge >= 0.3 is 0 Å². The molecule has 29 heavy (non-hydrogen) atoms. The molecular formula is C23H31FN4O. The fourth-order valence-corrected chi connectivity index (χ4v) is 3.67. The Bertz CT molecular complexity index is 758. The molecule has 0 saturated carbocycles. The lowest BCUT2D eigenvalue weighted by Gasteiger charge is -2.33. The Morgan fingerprint density at radius 1 is 1.14 bits per heavy atom. The van der Waals surface area contributed by atoms with Crippen LogP contribution in [0.3, 0.4) is 0 Å². The summed E-state index contributed by atoms with van der Waals surface area (Å²) in [7, 11) is 3.44. The van der Waals surface area contributed by atoms with E-state index in [4.69, 9.17) is 4.74 Å². The molecule has 0 bridgehead atoms. The minimum Gasteiger partial charge on any atom is -0.375 e. The summed E-state index contributed by atoms with van der Waals surface area (Å²) < 4.78 is 18.7. The molecule has 2 N–H and O–H groups in total. The number of hydrogen-bond donors (Lipinski definition) is 2. The van der Waals surface area contributed by atoms with Crippen molar-refractivity contribution in [2.45, 2.75) is 31.5 Å². The van der Waals surface area contributed by atoms with Crippen LogP contribution in [0.2, 0.25) is 0 Å². The van der Waals surface area contributed by atoms with Crippen LogP contribution in [0.15, 0.2) is 59.6 Å². The maximum Gasteiger partial charge on any atom is 0.191 e. The molecule has 2 aromatic carbocycles. The lowest BCUT2D eigenvalue weighted by molar-refractivity contribution is 0.106. The highest BCUT2D eigenvalue weighted by atomic mass is 19.1. The number of hydrogen-bond acceptors (Lipinski definition) is 3. The third-order valence-electron chi connectivity index (χ3n) is 5.38. The fraction of sp³-hybridized carbons (Fsp3) is 0.435. The van der Waals surface area contributed by atoms with Crippen molar-refractivity contribution >= 4 is 5.96 Å². The van der Waals surface area contributed by atoms with E-state index in [-0.39, 0.29) is 11.9 Å². The van der Waals surface area contributed by atoms with Gasteiger partial charge in [-0.1, -0.05) is 42.5 Å². The quantitative estimate of drug-likeness (QED) is 0.555. The van der Waals surface area contributed by atoms with E-state index in [1.807, 2.05) is 0 Å². The predicted octanol–water partition coefficient (Wildman–Crippen LogP) is 3.34. The monoisotopic (exact) mass is 398 g/mol. The number of halogens is 1. The van der Waals surface area contributed by atoms with Crippen molar-refractivity contribution in [1.29, 1.82) is 0 Å². The van der Waals surface area contributed by atoms with Gasteiger partial charge in [0.15, 0.2) is 5.96 Å². The number of benzene rings is 2. The number of guanidine groups is 1. The first-order valence-corrected chi connectivity index (χ1v) is 10.2. The van der Waals surface area contributed by atoms with Crippen LogP contribution >= 0.6 is 0 Å². The zero-order valence-corrected chi connectivity index (χ0v) is 17.3. The van der Waals surface area contributed by atoms with Crippen molar-refractivity contribution in [3.63, 3.8) is 0 Å². The van der Waals surface area contributed by atoms with Crippen LogP contribution in [0.4, 0.5) is 4.39 Å². The molecule has 0 radical (unpaired) electrons. The van der Waals surface area contributed by atoms with Crippen molar-refractivity contribution in [3.05, 3.63) is 71.5 Å². The van der Waals surface area contributed by atoms with Gasteiger partial charge in [0.05, 0.1) is 6.10 Å². The molecule has 1 saturated heterocycles. The summed E-state index contributed by atoms with van der Waals surface area (Å²) in [5, 5.41) is 6.87. The van der Waals surface area contributed by atoms with Gasteiger partial charge in [-0.05, 0) is 36.1 Å². The van der Waals surface area contributed by atoms with E-state index in [2.05, 4.69) is 50.9 Å². The number of likely N-dealkylation sites (tertiary alicyclic amines) is 1. The summed E-state index contributed by atoms with van der Waals surface area (Å²) in [6.45, 7) is 3.71. The largest absolute Gasteiger partial charge is 0.375 e. The molecule has 6 heteroatoms. The van der Waals surface area contributed by atoms with Gasteiger partial charge in [-0.3, -0.25) is 9.89 Å². The van der Waals surface area contributed by atoms with Crippen molar-refractivity contribution in [2.24, 2.45) is 4.99 Å². The van der Waals surface area contributed by atoms with Gasteiger partial charge < -0.3 is 15.4 Å². The van der Waals surface area contributed by atoms with Gasteiger partial charge in [-0.2, -0.15) is 0 Å². The number of nitrogens with zero attached hydrogens (tertiary/aromatic N) is 2. The minimum atomic E-state index is -0.243. The maximum atomic E-state index is 13.1. The second kappa shape index (κ2) is 10.9. The molecule has 0 aliphatic carbocycles. The van der Waals surface area contributed by atoms with E-state index >= 15 is 0 Å². The topological polar surface area (TPSA) is 48.9 Å². The SMILES string of the molecule is CN=C(NCC(OC)c1ccc(F)cc1)NC1CCN(Cc2ccccc2)CC1. The molecule has 1 heterocycles. The van der Waals surface area contributed by atoms with Gasteiger partial charge in [-0.15, -0.1) is 0 Å². The number of piperidine rings is 1. The smallest absolute Gasteiger partial charge is 0.191 e. The van der Waals surface area contributed by atoms with Crippen LogP contribution in [-0.2, 0) is 11.3 Å². The molecule has 2 aromatic rings. The van der Waals surface area contributed by atoms with E-state index in [1.54, 1.807) is 26.3 Å². The average Bonchev–Trinajstić information content (AvgIpc) is 2.76. The molecule has 5 nitrogen and oxygen atoms in total. The first kappa shape index (κ1) is 21.3. The molecule has 1 aliphatic rings. The summed E-state index contributed by atoms with van der Waals surface area (Å²) in [6.07, 6.45) is 2.00. The molecule has 1 aliphatic heterocycles. The fourth-order valence-electron chi connectivity index (χ4n) is 3.67. The summed E-state index contributed by atoms with van der Waals surface area (Å²) in [5.74, 6) is 0.531. The Morgan fingerprint density at radius 3 is 2.45 bits per heavy atom. The number of ether oxygens (including phenoxy) is 1. The average molecular weight is 399 g/mol. The van der Waals surface area contributed by atoms with Crippen molar-refractivity contribution in [1.82, 2.24) is 15.5 Å². The molecule has 3 rings (SSSR count). The zero-order chi connectivity index (χ0) is 20.5. The van der Waals surface area contributed by atoms with Crippen LogP contribution in [0, 0.1) is 5.82 Å². The number of methoxy groups -OCH3 is 1. The van der Waals surface area contributed by atoms with Gasteiger partial charge in [0.1, 0.15) is 5.82 Å². The number of aliphatic imine (C=N–C) groups is 1. The molecule has 1 atom stereocenters. The van der Waals surface area contributed by atoms with E-state index < -0.39 is 0 Å². The summed E-state index contributed by atoms with van der Waals surface area (Å²) >= 11 is 0. The van der Waals surface area contributed by atoms with E-state index in [0.29, 0.717) is 12.6 Å². The van der Waals surface area contributed by atoms with Gasteiger partial charge in [0.2, 0.25) is 0 Å². The third kappa shape index (κ3) is 6.54. The Labute approximate surface area is 173 Å². The molecule has 0 aromatic heterocycles. The Kier molecular flexibility index (Phi) is 8.02. The second-order valence-electron chi connectivity index (χ2n) is 7.41. The molecule has 156 valence electrons. The predicted molar refractivity (Wildman–Crippen MR) is 115 cm³/mol. The normalized spacial score (nSPS) is 17.1. The molecule has 0 spiro atoms. The highest BCUT2D eigenvalue weighted by Gasteiger charge is 2.20. The van der Waals surface area contributed by atoms with Crippen molar-refractivity contribution in [3.8, 4) is 0 Å². The van der Waals surface area contributed by atoms with Crippen molar-refractivity contribution < 1.29 is 9.13 Å². The summed E-state index contributed by atoms with van der Waals surface area (Å²) in [6, 6.07) is 17.4. The molecule has 1 unspecified atom stereocenters. The van der Waals surface area contributed by atoms with Crippen LogP contribution in [-0.4, -0.2) is 50.7 Å². The molecule has 1 fully saturated rings. The lowest BCUT2D eigenvalue weighted by Crippen LogP contribution is -2.49. The number of rotatable bonds is 7. The van der Waals surface area contributed by atoms with E-state index in [9.17, 15) is 4.39 Å². The Balaban J connectivity index is 1.43. The zero-order valence-electron chi connectivity index (χ0n) is 17.3. The highest BCUT2D eigenvalue weighted by molar-refractivity contribution is 5.80. The molecular weight excluding hydrogens is 367 g/mol. The minimum absolute atomic E-state index is 0.165. The third-order valence-corrected chi connectivity index (χ3v) is 5.38. The van der Waals surface area contributed by atoms with E-state index in [1.165, 1.54) is 17.7 Å². The van der Waals surface area contributed by atoms with Gasteiger partial charge in [-0.25, -0.2) is 4.39 Å².